The molecule has 1 heterocycles. The number of hydrogen-bond donors (Lipinski definition) is 1. The zero-order valence-corrected chi connectivity index (χ0v) is 13.4. The highest BCUT2D eigenvalue weighted by molar-refractivity contribution is 5.28. The molecule has 1 saturated heterocycles. The van der Waals surface area contributed by atoms with E-state index in [2.05, 4.69) is 49.9 Å². The molecule has 0 aliphatic carbocycles. The summed E-state index contributed by atoms with van der Waals surface area (Å²) in [6, 6.07) is 8.95. The molecule has 1 aliphatic rings. The van der Waals surface area contributed by atoms with Crippen LogP contribution in [0, 0.1) is 0 Å². The third kappa shape index (κ3) is 3.42. The van der Waals surface area contributed by atoms with Crippen LogP contribution in [0.4, 0.5) is 0 Å². The van der Waals surface area contributed by atoms with Gasteiger partial charge in [-0.05, 0) is 57.3 Å². The Bertz CT molecular complexity index is 419. The fourth-order valence-corrected chi connectivity index (χ4v) is 3.31. The number of benzene rings is 1. The van der Waals surface area contributed by atoms with Crippen molar-refractivity contribution < 1.29 is 0 Å². The molecule has 0 bridgehead atoms. The van der Waals surface area contributed by atoms with Gasteiger partial charge in [0.2, 0.25) is 0 Å². The molecule has 1 fully saturated rings. The van der Waals surface area contributed by atoms with Crippen molar-refractivity contribution >= 4 is 0 Å². The Morgan fingerprint density at radius 3 is 2.55 bits per heavy atom. The molecule has 2 nitrogen and oxygen atoms in total. The van der Waals surface area contributed by atoms with Gasteiger partial charge in [-0.15, -0.1) is 0 Å². The maximum absolute atomic E-state index is 6.63. The predicted molar refractivity (Wildman–Crippen MR) is 86.9 cm³/mol. The van der Waals surface area contributed by atoms with Crippen LogP contribution in [0.3, 0.4) is 0 Å². The van der Waals surface area contributed by atoms with Crippen molar-refractivity contribution in [2.45, 2.75) is 64.5 Å². The van der Waals surface area contributed by atoms with Crippen LogP contribution >= 0.6 is 0 Å². The lowest BCUT2D eigenvalue weighted by Gasteiger charge is -2.45. The van der Waals surface area contributed by atoms with E-state index in [1.165, 1.54) is 49.9 Å². The van der Waals surface area contributed by atoms with E-state index in [-0.39, 0.29) is 11.6 Å². The second kappa shape index (κ2) is 6.73. The van der Waals surface area contributed by atoms with Crippen LogP contribution in [0.1, 0.15) is 63.6 Å². The van der Waals surface area contributed by atoms with Gasteiger partial charge in [-0.25, -0.2) is 0 Å². The highest BCUT2D eigenvalue weighted by Gasteiger charge is 2.34. The van der Waals surface area contributed by atoms with Gasteiger partial charge in [-0.1, -0.05) is 44.0 Å². The molecule has 1 atom stereocenters. The number of nitrogens with two attached hydrogens (primary N) is 1. The van der Waals surface area contributed by atoms with E-state index in [9.17, 15) is 0 Å². The van der Waals surface area contributed by atoms with Crippen LogP contribution < -0.4 is 5.73 Å². The topological polar surface area (TPSA) is 29.3 Å². The van der Waals surface area contributed by atoms with E-state index in [1.54, 1.807) is 0 Å². The average Bonchev–Trinajstić information content (AvgIpc) is 2.48. The summed E-state index contributed by atoms with van der Waals surface area (Å²) in [6.45, 7) is 9.21. The van der Waals surface area contributed by atoms with E-state index in [0.717, 1.165) is 6.42 Å². The van der Waals surface area contributed by atoms with Crippen molar-refractivity contribution in [3.05, 3.63) is 35.4 Å². The van der Waals surface area contributed by atoms with Gasteiger partial charge in [0.15, 0.2) is 0 Å². The Morgan fingerprint density at radius 1 is 1.20 bits per heavy atom. The molecule has 0 amide bonds. The van der Waals surface area contributed by atoms with Crippen molar-refractivity contribution in [3.8, 4) is 0 Å². The van der Waals surface area contributed by atoms with Gasteiger partial charge >= 0.3 is 0 Å². The second-order valence-electron chi connectivity index (χ2n) is 6.67. The molecule has 20 heavy (non-hydrogen) atoms. The summed E-state index contributed by atoms with van der Waals surface area (Å²) in [6.07, 6.45) is 6.32. The van der Waals surface area contributed by atoms with Crippen LogP contribution in [0.2, 0.25) is 0 Å². The molecule has 1 aliphatic heterocycles. The quantitative estimate of drug-likeness (QED) is 0.882. The minimum Gasteiger partial charge on any atom is -0.322 e. The highest BCUT2D eigenvalue weighted by Crippen LogP contribution is 2.31. The normalized spacial score (nSPS) is 19.0. The number of nitrogens with zero attached hydrogens (tertiary/aromatic N) is 1. The number of rotatable bonds is 5. The molecule has 2 N–H and O–H groups in total. The maximum atomic E-state index is 6.63. The minimum absolute atomic E-state index is 0.0330. The first-order chi connectivity index (χ1) is 9.55. The maximum Gasteiger partial charge on any atom is 0.0476 e. The van der Waals surface area contributed by atoms with Crippen LogP contribution in [-0.4, -0.2) is 23.5 Å². The van der Waals surface area contributed by atoms with E-state index < -0.39 is 0 Å². The summed E-state index contributed by atoms with van der Waals surface area (Å²) in [5, 5.41) is 0. The summed E-state index contributed by atoms with van der Waals surface area (Å²) >= 11 is 0. The highest BCUT2D eigenvalue weighted by atomic mass is 15.2. The number of aryl methyl sites for hydroxylation is 1. The third-order valence-electron chi connectivity index (χ3n) is 4.78. The molecule has 2 rings (SSSR count). The molecule has 1 aromatic carbocycles. The monoisotopic (exact) mass is 274 g/mol. The number of hydrogen-bond acceptors (Lipinski definition) is 2. The van der Waals surface area contributed by atoms with Gasteiger partial charge < -0.3 is 5.73 Å². The Hall–Kier alpha value is -0.860. The first kappa shape index (κ1) is 15.5. The smallest absolute Gasteiger partial charge is 0.0476 e. The molecular formula is C18H30N2. The van der Waals surface area contributed by atoms with Crippen molar-refractivity contribution in [2.75, 3.05) is 13.1 Å². The Balaban J connectivity index is 2.15. The fourth-order valence-electron chi connectivity index (χ4n) is 3.31. The van der Waals surface area contributed by atoms with Gasteiger partial charge in [0, 0.05) is 11.6 Å². The molecule has 0 radical (unpaired) electrons. The molecule has 1 unspecified atom stereocenters. The van der Waals surface area contributed by atoms with Crippen molar-refractivity contribution in [1.29, 1.82) is 0 Å². The molecule has 0 spiro atoms. The van der Waals surface area contributed by atoms with E-state index in [4.69, 9.17) is 5.73 Å². The summed E-state index contributed by atoms with van der Waals surface area (Å²) in [4.78, 5) is 2.58. The lowest BCUT2D eigenvalue weighted by atomic mass is 9.85. The van der Waals surface area contributed by atoms with Crippen LogP contribution in [0.25, 0.3) is 0 Å². The molecule has 0 aromatic heterocycles. The van der Waals surface area contributed by atoms with Crippen LogP contribution in [0.5, 0.6) is 0 Å². The van der Waals surface area contributed by atoms with Gasteiger partial charge in [0.1, 0.15) is 0 Å². The fraction of sp³-hybridized carbons (Fsp3) is 0.667. The molecule has 112 valence electrons. The third-order valence-corrected chi connectivity index (χ3v) is 4.78. The van der Waals surface area contributed by atoms with E-state index in [1.807, 2.05) is 0 Å². The van der Waals surface area contributed by atoms with Crippen LogP contribution in [0.15, 0.2) is 24.3 Å². The lowest BCUT2D eigenvalue weighted by Crippen LogP contribution is -2.53. The largest absolute Gasteiger partial charge is 0.322 e. The lowest BCUT2D eigenvalue weighted by molar-refractivity contribution is 0.0729. The van der Waals surface area contributed by atoms with Gasteiger partial charge in [-0.3, -0.25) is 4.90 Å². The average molecular weight is 274 g/mol. The Labute approximate surface area is 124 Å². The predicted octanol–water partition coefficient (Wildman–Crippen LogP) is 3.90. The second-order valence-corrected chi connectivity index (χ2v) is 6.67. The SMILES string of the molecule is CCCc1cccc(C(N)C(C)(C)N2CCCCC2)c1. The van der Waals surface area contributed by atoms with Crippen molar-refractivity contribution in [3.63, 3.8) is 0 Å². The van der Waals surface area contributed by atoms with Crippen molar-refractivity contribution in [2.24, 2.45) is 5.73 Å². The molecule has 2 heteroatoms. The molecule has 1 aromatic rings. The Morgan fingerprint density at radius 2 is 1.90 bits per heavy atom. The number of likely N-dealkylation sites (tertiary alicyclic amines) is 1. The van der Waals surface area contributed by atoms with Crippen LogP contribution in [-0.2, 0) is 6.42 Å². The molecular weight excluding hydrogens is 244 g/mol. The minimum atomic E-state index is 0.0330. The zero-order valence-electron chi connectivity index (χ0n) is 13.4. The zero-order chi connectivity index (χ0) is 14.6. The van der Waals surface area contributed by atoms with Crippen molar-refractivity contribution in [1.82, 2.24) is 4.90 Å². The van der Waals surface area contributed by atoms with Gasteiger partial charge in [-0.2, -0.15) is 0 Å². The first-order valence-electron chi connectivity index (χ1n) is 8.15. The Kier molecular flexibility index (Phi) is 5.22. The summed E-state index contributed by atoms with van der Waals surface area (Å²) in [5.41, 5.74) is 9.36. The summed E-state index contributed by atoms with van der Waals surface area (Å²) < 4.78 is 0. The summed E-state index contributed by atoms with van der Waals surface area (Å²) in [5.74, 6) is 0. The standard InChI is InChI=1S/C18H30N2/c1-4-9-15-10-8-11-16(14-15)17(19)18(2,3)20-12-6-5-7-13-20/h8,10-11,14,17H,4-7,9,12-13,19H2,1-3H3. The van der Waals surface area contributed by atoms with Gasteiger partial charge in [0.05, 0.1) is 0 Å². The first-order valence-corrected chi connectivity index (χ1v) is 8.15. The van der Waals surface area contributed by atoms with Gasteiger partial charge in [0.25, 0.3) is 0 Å². The molecule has 0 saturated carbocycles. The number of piperidine rings is 1. The van der Waals surface area contributed by atoms with E-state index >= 15 is 0 Å². The van der Waals surface area contributed by atoms with E-state index in [0.29, 0.717) is 0 Å². The summed E-state index contributed by atoms with van der Waals surface area (Å²) in [7, 11) is 0.